The van der Waals surface area contributed by atoms with E-state index in [9.17, 15) is 9.59 Å². The Hall–Kier alpha value is -3.38. The second-order valence-corrected chi connectivity index (χ2v) is 6.00. The number of methoxy groups -OCH3 is 1. The summed E-state index contributed by atoms with van der Waals surface area (Å²) in [5, 5.41) is 8.77. The van der Waals surface area contributed by atoms with Crippen molar-refractivity contribution in [3.8, 4) is 5.75 Å². The van der Waals surface area contributed by atoms with Gasteiger partial charge in [0, 0.05) is 10.6 Å². The Balaban J connectivity index is 1.67. The SMILES string of the molecule is COc1ccc(Cl)cc1NC(=O)C(=O)N/N=C\c1cccc2ccccc12. The van der Waals surface area contributed by atoms with E-state index in [1.807, 2.05) is 42.5 Å². The number of hydrogen-bond donors (Lipinski definition) is 2. The zero-order valence-corrected chi connectivity index (χ0v) is 15.2. The number of carbonyl (C=O) groups excluding carboxylic acids is 2. The Morgan fingerprint density at radius 1 is 1.04 bits per heavy atom. The van der Waals surface area contributed by atoms with Gasteiger partial charge in [-0.2, -0.15) is 5.10 Å². The number of ether oxygens (including phenoxy) is 1. The van der Waals surface area contributed by atoms with E-state index in [1.54, 1.807) is 12.1 Å². The second-order valence-electron chi connectivity index (χ2n) is 5.57. The normalized spacial score (nSPS) is 10.7. The van der Waals surface area contributed by atoms with E-state index in [4.69, 9.17) is 16.3 Å². The summed E-state index contributed by atoms with van der Waals surface area (Å²) >= 11 is 5.91. The van der Waals surface area contributed by atoms with Gasteiger partial charge in [-0.15, -0.1) is 0 Å². The zero-order chi connectivity index (χ0) is 19.2. The molecule has 27 heavy (non-hydrogen) atoms. The molecule has 0 fully saturated rings. The van der Waals surface area contributed by atoms with E-state index in [0.717, 1.165) is 16.3 Å². The number of anilines is 1. The first kappa shape index (κ1) is 18.4. The molecule has 0 unspecified atom stereocenters. The maximum absolute atomic E-state index is 12.1. The lowest BCUT2D eigenvalue weighted by atomic mass is 10.1. The van der Waals surface area contributed by atoms with Crippen LogP contribution >= 0.6 is 11.6 Å². The van der Waals surface area contributed by atoms with Gasteiger partial charge in [0.25, 0.3) is 0 Å². The summed E-state index contributed by atoms with van der Waals surface area (Å²) in [5.74, 6) is -1.40. The molecule has 136 valence electrons. The third-order valence-electron chi connectivity index (χ3n) is 3.81. The van der Waals surface area contributed by atoms with Crippen LogP contribution in [0.2, 0.25) is 5.02 Å². The fourth-order valence-corrected chi connectivity index (χ4v) is 2.70. The van der Waals surface area contributed by atoms with Crippen LogP contribution in [-0.2, 0) is 9.59 Å². The lowest BCUT2D eigenvalue weighted by Gasteiger charge is -2.09. The number of amides is 2. The summed E-state index contributed by atoms with van der Waals surface area (Å²) in [6, 6.07) is 18.2. The van der Waals surface area contributed by atoms with Gasteiger partial charge in [0.15, 0.2) is 0 Å². The summed E-state index contributed by atoms with van der Waals surface area (Å²) in [6.45, 7) is 0. The number of hydrazone groups is 1. The molecular formula is C20H16ClN3O3. The van der Waals surface area contributed by atoms with Crippen molar-refractivity contribution in [3.05, 3.63) is 71.2 Å². The van der Waals surface area contributed by atoms with Crippen LogP contribution in [-0.4, -0.2) is 25.1 Å². The van der Waals surface area contributed by atoms with Crippen molar-refractivity contribution in [1.29, 1.82) is 0 Å². The molecule has 3 aromatic rings. The van der Waals surface area contributed by atoms with Gasteiger partial charge in [0.2, 0.25) is 0 Å². The standard InChI is InChI=1S/C20H16ClN3O3/c1-27-18-10-9-15(21)11-17(18)23-19(25)20(26)24-22-12-14-7-4-6-13-5-2-3-8-16(13)14/h2-12H,1H3,(H,23,25)(H,24,26)/b22-12-. The predicted octanol–water partition coefficient (Wildman–Crippen LogP) is 3.59. The summed E-state index contributed by atoms with van der Waals surface area (Å²) in [4.78, 5) is 24.0. The molecule has 2 amide bonds. The molecular weight excluding hydrogens is 366 g/mol. The topological polar surface area (TPSA) is 79.8 Å². The minimum Gasteiger partial charge on any atom is -0.495 e. The van der Waals surface area contributed by atoms with E-state index in [1.165, 1.54) is 19.4 Å². The lowest BCUT2D eigenvalue weighted by Crippen LogP contribution is -2.32. The average molecular weight is 382 g/mol. The van der Waals surface area contributed by atoms with Crippen molar-refractivity contribution in [3.63, 3.8) is 0 Å². The first-order chi connectivity index (χ1) is 13.1. The van der Waals surface area contributed by atoms with Crippen molar-refractivity contribution >= 4 is 46.1 Å². The first-order valence-electron chi connectivity index (χ1n) is 8.04. The maximum atomic E-state index is 12.1. The Morgan fingerprint density at radius 3 is 2.63 bits per heavy atom. The molecule has 0 heterocycles. The van der Waals surface area contributed by atoms with Gasteiger partial charge in [0.05, 0.1) is 19.0 Å². The first-order valence-corrected chi connectivity index (χ1v) is 8.42. The van der Waals surface area contributed by atoms with Gasteiger partial charge >= 0.3 is 11.8 Å². The molecule has 3 rings (SSSR count). The van der Waals surface area contributed by atoms with Crippen LogP contribution in [0.5, 0.6) is 5.75 Å². The average Bonchev–Trinajstić information content (AvgIpc) is 2.68. The third kappa shape index (κ3) is 4.43. The number of rotatable bonds is 4. The van der Waals surface area contributed by atoms with E-state index < -0.39 is 11.8 Å². The summed E-state index contributed by atoms with van der Waals surface area (Å²) in [5.41, 5.74) is 3.33. The fraction of sp³-hybridized carbons (Fsp3) is 0.0500. The number of halogens is 1. The van der Waals surface area contributed by atoms with Gasteiger partial charge in [0.1, 0.15) is 5.75 Å². The molecule has 0 radical (unpaired) electrons. The molecule has 0 aromatic heterocycles. The Bertz CT molecular complexity index is 1030. The van der Waals surface area contributed by atoms with E-state index in [2.05, 4.69) is 15.8 Å². The number of nitrogens with one attached hydrogen (secondary N) is 2. The van der Waals surface area contributed by atoms with Gasteiger partial charge in [-0.25, -0.2) is 5.43 Å². The molecule has 0 aliphatic rings. The van der Waals surface area contributed by atoms with Crippen molar-refractivity contribution < 1.29 is 14.3 Å². The van der Waals surface area contributed by atoms with Crippen LogP contribution in [0, 0.1) is 0 Å². The van der Waals surface area contributed by atoms with Crippen LogP contribution in [0.4, 0.5) is 5.69 Å². The molecule has 3 aromatic carbocycles. The lowest BCUT2D eigenvalue weighted by molar-refractivity contribution is -0.136. The summed E-state index contributed by atoms with van der Waals surface area (Å²) in [6.07, 6.45) is 1.49. The minimum absolute atomic E-state index is 0.295. The second kappa shape index (κ2) is 8.33. The predicted molar refractivity (Wildman–Crippen MR) is 106 cm³/mol. The smallest absolute Gasteiger partial charge is 0.329 e. The third-order valence-corrected chi connectivity index (χ3v) is 4.04. The van der Waals surface area contributed by atoms with Gasteiger partial charge in [-0.05, 0) is 29.0 Å². The van der Waals surface area contributed by atoms with Crippen LogP contribution < -0.4 is 15.5 Å². The molecule has 2 N–H and O–H groups in total. The molecule has 0 spiro atoms. The van der Waals surface area contributed by atoms with Gasteiger partial charge < -0.3 is 10.1 Å². The van der Waals surface area contributed by atoms with Crippen LogP contribution in [0.25, 0.3) is 10.8 Å². The maximum Gasteiger partial charge on any atom is 0.329 e. The summed E-state index contributed by atoms with van der Waals surface area (Å²) in [7, 11) is 1.45. The fourth-order valence-electron chi connectivity index (χ4n) is 2.53. The van der Waals surface area contributed by atoms with E-state index in [-0.39, 0.29) is 0 Å². The van der Waals surface area contributed by atoms with Crippen molar-refractivity contribution in [1.82, 2.24) is 5.43 Å². The van der Waals surface area contributed by atoms with E-state index >= 15 is 0 Å². The number of carbonyl (C=O) groups is 2. The Labute approximate surface area is 160 Å². The van der Waals surface area contributed by atoms with Crippen molar-refractivity contribution in [2.75, 3.05) is 12.4 Å². The van der Waals surface area contributed by atoms with Crippen molar-refractivity contribution in [2.24, 2.45) is 5.10 Å². The highest BCUT2D eigenvalue weighted by Gasteiger charge is 2.15. The molecule has 0 bridgehead atoms. The molecule has 0 saturated carbocycles. The van der Waals surface area contributed by atoms with Gasteiger partial charge in [-0.3, -0.25) is 9.59 Å². The molecule has 6 nitrogen and oxygen atoms in total. The largest absolute Gasteiger partial charge is 0.495 e. The van der Waals surface area contributed by atoms with Crippen LogP contribution in [0.15, 0.2) is 65.8 Å². The quantitative estimate of drug-likeness (QED) is 0.411. The number of benzene rings is 3. The Morgan fingerprint density at radius 2 is 1.81 bits per heavy atom. The number of fused-ring (bicyclic) bond motifs is 1. The highest BCUT2D eigenvalue weighted by molar-refractivity contribution is 6.40. The molecule has 0 saturated heterocycles. The molecule has 0 aliphatic carbocycles. The van der Waals surface area contributed by atoms with Crippen molar-refractivity contribution in [2.45, 2.75) is 0 Å². The van der Waals surface area contributed by atoms with Gasteiger partial charge in [-0.1, -0.05) is 54.1 Å². The monoisotopic (exact) mass is 381 g/mol. The highest BCUT2D eigenvalue weighted by Crippen LogP contribution is 2.27. The molecule has 0 atom stereocenters. The summed E-state index contributed by atoms with van der Waals surface area (Å²) < 4.78 is 5.13. The van der Waals surface area contributed by atoms with Crippen LogP contribution in [0.1, 0.15) is 5.56 Å². The number of nitrogens with zero attached hydrogens (tertiary/aromatic N) is 1. The molecule has 7 heteroatoms. The minimum atomic E-state index is -0.909. The number of hydrogen-bond acceptors (Lipinski definition) is 4. The van der Waals surface area contributed by atoms with E-state index in [0.29, 0.717) is 16.5 Å². The van der Waals surface area contributed by atoms with Crippen LogP contribution in [0.3, 0.4) is 0 Å². The molecule has 0 aliphatic heterocycles. The highest BCUT2D eigenvalue weighted by atomic mass is 35.5. The Kier molecular flexibility index (Phi) is 5.68. The zero-order valence-electron chi connectivity index (χ0n) is 14.4.